The molecule has 0 bridgehead atoms. The first-order chi connectivity index (χ1) is 16.1. The van der Waals surface area contributed by atoms with Crippen LogP contribution in [0, 0.1) is 0 Å². The Morgan fingerprint density at radius 1 is 1.09 bits per heavy atom. The summed E-state index contributed by atoms with van der Waals surface area (Å²) in [5, 5.41) is 16.6. The molecule has 182 valence electrons. The maximum atomic E-state index is 12.0. The second-order valence-electron chi connectivity index (χ2n) is 8.04. The van der Waals surface area contributed by atoms with Crippen molar-refractivity contribution in [3.63, 3.8) is 0 Å². The van der Waals surface area contributed by atoms with Gasteiger partial charge in [-0.2, -0.15) is 5.10 Å². The van der Waals surface area contributed by atoms with Gasteiger partial charge in [0.2, 0.25) is 0 Å². The molecule has 0 aromatic heterocycles. The molecule has 34 heavy (non-hydrogen) atoms. The molecule has 0 aliphatic carbocycles. The number of para-hydroxylation sites is 1. The van der Waals surface area contributed by atoms with E-state index in [1.165, 1.54) is 6.21 Å². The van der Waals surface area contributed by atoms with Gasteiger partial charge >= 0.3 is 18.0 Å². The first-order valence-electron chi connectivity index (χ1n) is 10.6. The molecule has 0 heterocycles. The smallest absolute Gasteiger partial charge is 0.428 e. The zero-order valence-corrected chi connectivity index (χ0v) is 19.5. The van der Waals surface area contributed by atoms with Crippen LogP contribution in [0.4, 0.5) is 10.5 Å². The number of aliphatic carboxylic acids is 1. The van der Waals surface area contributed by atoms with Crippen LogP contribution in [0.25, 0.3) is 0 Å². The molecule has 0 spiro atoms. The summed E-state index contributed by atoms with van der Waals surface area (Å²) in [4.78, 5) is 35.2. The number of carboxylic acids is 1. The van der Waals surface area contributed by atoms with Gasteiger partial charge in [0.15, 0.2) is 12.6 Å². The van der Waals surface area contributed by atoms with Gasteiger partial charge in [0.25, 0.3) is 0 Å². The molecular formula is C24H29N3O7. The summed E-state index contributed by atoms with van der Waals surface area (Å²) in [7, 11) is 0. The Labute approximate surface area is 197 Å². The maximum absolute atomic E-state index is 12.0. The molecule has 0 aliphatic heterocycles. The largest absolute Gasteiger partial charge is 0.482 e. The average molecular weight is 472 g/mol. The van der Waals surface area contributed by atoms with Gasteiger partial charge in [-0.25, -0.2) is 19.8 Å². The number of carbonyl (C=O) groups is 3. The lowest BCUT2D eigenvalue weighted by molar-refractivity contribution is -0.145. The number of nitrogens with zero attached hydrogens (tertiary/aromatic N) is 1. The van der Waals surface area contributed by atoms with Gasteiger partial charge in [0, 0.05) is 11.3 Å². The van der Waals surface area contributed by atoms with Gasteiger partial charge in [0.05, 0.1) is 12.8 Å². The molecule has 2 aromatic rings. The van der Waals surface area contributed by atoms with Crippen LogP contribution in [0.2, 0.25) is 0 Å². The summed E-state index contributed by atoms with van der Waals surface area (Å²) in [6, 6.07) is 12.2. The van der Waals surface area contributed by atoms with E-state index in [2.05, 4.69) is 15.8 Å². The van der Waals surface area contributed by atoms with Crippen molar-refractivity contribution in [1.82, 2.24) is 5.43 Å². The van der Waals surface area contributed by atoms with Crippen molar-refractivity contribution >= 4 is 29.9 Å². The van der Waals surface area contributed by atoms with Crippen molar-refractivity contribution in [2.45, 2.75) is 39.3 Å². The molecule has 10 heteroatoms. The van der Waals surface area contributed by atoms with E-state index in [0.29, 0.717) is 16.8 Å². The van der Waals surface area contributed by atoms with Crippen LogP contribution in [0.15, 0.2) is 53.6 Å². The number of carbonyl (C=O) groups excluding carboxylic acids is 2. The van der Waals surface area contributed by atoms with Crippen LogP contribution in [-0.4, -0.2) is 48.2 Å². The Bertz CT molecular complexity index is 1010. The Morgan fingerprint density at radius 2 is 1.76 bits per heavy atom. The van der Waals surface area contributed by atoms with Crippen LogP contribution in [-0.2, 0) is 19.1 Å². The number of amides is 1. The molecule has 2 aromatic carbocycles. The molecule has 0 fully saturated rings. The van der Waals surface area contributed by atoms with Gasteiger partial charge in [-0.15, -0.1) is 0 Å². The third-order valence-electron chi connectivity index (χ3n) is 4.12. The summed E-state index contributed by atoms with van der Waals surface area (Å²) < 4.78 is 15.4. The normalized spacial score (nSPS) is 12.0. The molecule has 0 saturated carbocycles. The summed E-state index contributed by atoms with van der Waals surface area (Å²) >= 11 is 0. The van der Waals surface area contributed by atoms with Gasteiger partial charge in [-0.05, 0) is 51.5 Å². The third kappa shape index (κ3) is 8.81. The Kier molecular flexibility index (Phi) is 9.42. The van der Waals surface area contributed by atoms with Gasteiger partial charge < -0.3 is 24.6 Å². The number of anilines is 1. The Balaban J connectivity index is 2.07. The predicted molar refractivity (Wildman–Crippen MR) is 126 cm³/mol. The van der Waals surface area contributed by atoms with Gasteiger partial charge in [-0.1, -0.05) is 30.3 Å². The van der Waals surface area contributed by atoms with E-state index in [-0.39, 0.29) is 19.0 Å². The van der Waals surface area contributed by atoms with Gasteiger partial charge in [-0.3, -0.25) is 0 Å². The lowest BCUT2D eigenvalue weighted by atomic mass is 10.0. The monoisotopic (exact) mass is 471 g/mol. The predicted octanol–water partition coefficient (Wildman–Crippen LogP) is 3.72. The zero-order valence-electron chi connectivity index (χ0n) is 19.5. The van der Waals surface area contributed by atoms with Crippen molar-refractivity contribution in [3.05, 3.63) is 59.7 Å². The van der Waals surface area contributed by atoms with Crippen LogP contribution in [0.3, 0.4) is 0 Å². The van der Waals surface area contributed by atoms with E-state index in [9.17, 15) is 19.5 Å². The van der Waals surface area contributed by atoms with Crippen LogP contribution in [0.5, 0.6) is 5.75 Å². The van der Waals surface area contributed by atoms with Crippen LogP contribution in [0.1, 0.15) is 44.9 Å². The summed E-state index contributed by atoms with van der Waals surface area (Å²) in [5.41, 5.74) is 3.20. The number of benzene rings is 2. The fraction of sp³-hybridized carbons (Fsp3) is 0.333. The topological polar surface area (TPSA) is 136 Å². The van der Waals surface area contributed by atoms with E-state index in [1.807, 2.05) is 0 Å². The van der Waals surface area contributed by atoms with Crippen molar-refractivity contribution in [3.8, 4) is 5.75 Å². The molecule has 1 atom stereocenters. The van der Waals surface area contributed by atoms with E-state index < -0.39 is 29.7 Å². The number of rotatable bonds is 10. The highest BCUT2D eigenvalue weighted by molar-refractivity contribution is 5.83. The molecule has 1 amide bonds. The fourth-order valence-corrected chi connectivity index (χ4v) is 2.75. The Hall–Kier alpha value is -4.08. The number of ether oxygens (including phenoxy) is 3. The zero-order chi connectivity index (χ0) is 25.1. The second-order valence-corrected chi connectivity index (χ2v) is 8.04. The molecule has 10 nitrogen and oxygen atoms in total. The van der Waals surface area contributed by atoms with E-state index in [1.54, 1.807) is 76.2 Å². The van der Waals surface area contributed by atoms with Crippen molar-refractivity contribution in [1.29, 1.82) is 0 Å². The van der Waals surface area contributed by atoms with Crippen LogP contribution < -0.4 is 15.5 Å². The minimum Gasteiger partial charge on any atom is -0.482 e. The molecule has 0 aliphatic rings. The molecule has 0 radical (unpaired) electrons. The highest BCUT2D eigenvalue weighted by Gasteiger charge is 2.24. The lowest BCUT2D eigenvalue weighted by Gasteiger charge is -2.19. The summed E-state index contributed by atoms with van der Waals surface area (Å²) in [6.07, 6.45) is 0.760. The summed E-state index contributed by atoms with van der Waals surface area (Å²) in [5.74, 6) is -1.41. The van der Waals surface area contributed by atoms with Gasteiger partial charge in [0.1, 0.15) is 11.4 Å². The number of hydrogen-bond donors (Lipinski definition) is 3. The molecule has 3 N–H and O–H groups in total. The highest BCUT2D eigenvalue weighted by atomic mass is 16.6. The first-order valence-corrected chi connectivity index (χ1v) is 10.6. The van der Waals surface area contributed by atoms with E-state index >= 15 is 0 Å². The average Bonchev–Trinajstić information content (AvgIpc) is 2.76. The van der Waals surface area contributed by atoms with E-state index in [4.69, 9.17) is 14.2 Å². The van der Waals surface area contributed by atoms with E-state index in [0.717, 1.165) is 0 Å². The SMILES string of the molecule is CCOC(=O)COc1ccccc1C(Nc1ccc(C=NNC(=O)OC(C)(C)C)cc1)C(=O)O. The second kappa shape index (κ2) is 12.2. The molecular weight excluding hydrogens is 442 g/mol. The molecule has 1 unspecified atom stereocenters. The molecule has 0 saturated heterocycles. The lowest BCUT2D eigenvalue weighted by Crippen LogP contribution is -2.29. The van der Waals surface area contributed by atoms with Crippen molar-refractivity contribution in [2.75, 3.05) is 18.5 Å². The van der Waals surface area contributed by atoms with Crippen LogP contribution >= 0.6 is 0 Å². The minimum atomic E-state index is -1.13. The third-order valence-corrected chi connectivity index (χ3v) is 4.12. The first kappa shape index (κ1) is 26.2. The number of esters is 1. The standard InChI is InChI=1S/C24H29N3O7/c1-5-32-20(28)15-33-19-9-7-6-8-18(19)21(22(29)30)26-17-12-10-16(11-13-17)14-25-27-23(31)34-24(2,3)4/h6-14,21,26H,5,15H2,1-4H3,(H,27,31)(H,29,30). The number of nitrogens with one attached hydrogen (secondary N) is 2. The quantitative estimate of drug-likeness (QED) is 0.271. The number of hydrogen-bond acceptors (Lipinski definition) is 8. The van der Waals surface area contributed by atoms with Crippen molar-refractivity contribution in [2.24, 2.45) is 5.10 Å². The number of carboxylic acid groups (broad SMARTS) is 1. The maximum Gasteiger partial charge on any atom is 0.428 e. The highest BCUT2D eigenvalue weighted by Crippen LogP contribution is 2.28. The number of hydrazone groups is 1. The van der Waals surface area contributed by atoms with Crippen molar-refractivity contribution < 1.29 is 33.7 Å². The Morgan fingerprint density at radius 3 is 2.38 bits per heavy atom. The minimum absolute atomic E-state index is 0.223. The fourth-order valence-electron chi connectivity index (χ4n) is 2.75. The molecule has 2 rings (SSSR count). The summed E-state index contributed by atoms with van der Waals surface area (Å²) in [6.45, 7) is 6.82.